The van der Waals surface area contributed by atoms with Crippen molar-refractivity contribution < 1.29 is 18.7 Å². The van der Waals surface area contributed by atoms with Crippen molar-refractivity contribution in [3.8, 4) is 0 Å². The first-order valence-corrected chi connectivity index (χ1v) is 7.45. The van der Waals surface area contributed by atoms with Gasteiger partial charge in [-0.3, -0.25) is 10.1 Å². The minimum Gasteiger partial charge on any atom is -0.462 e. The van der Waals surface area contributed by atoms with Crippen LogP contribution in [0, 0.1) is 5.82 Å². The minimum absolute atomic E-state index is 0.0420. The number of nitrogens with one attached hydrogen (secondary N) is 1. The van der Waals surface area contributed by atoms with E-state index in [1.807, 2.05) is 13.8 Å². The number of amides is 1. The Kier molecular flexibility index (Phi) is 5.89. The molecule has 22 heavy (non-hydrogen) atoms. The van der Waals surface area contributed by atoms with Crippen LogP contribution in [0.4, 0.5) is 4.39 Å². The molecule has 2 rings (SSSR count). The van der Waals surface area contributed by atoms with Crippen LogP contribution in [0.1, 0.15) is 37.0 Å². The summed E-state index contributed by atoms with van der Waals surface area (Å²) in [6, 6.07) is 5.88. The van der Waals surface area contributed by atoms with Gasteiger partial charge >= 0.3 is 0 Å². The minimum atomic E-state index is -0.581. The molecule has 1 aliphatic rings. The van der Waals surface area contributed by atoms with Crippen LogP contribution in [0.25, 0.3) is 0 Å². The highest BCUT2D eigenvalue weighted by Crippen LogP contribution is 2.12. The van der Waals surface area contributed by atoms with Gasteiger partial charge in [0, 0.05) is 6.61 Å². The highest BCUT2D eigenvalue weighted by Gasteiger charge is 2.18. The van der Waals surface area contributed by atoms with E-state index in [0.29, 0.717) is 6.54 Å². The summed E-state index contributed by atoms with van der Waals surface area (Å²) in [5.41, 5.74) is -0.0420. The Morgan fingerprint density at radius 3 is 2.91 bits per heavy atom. The molecule has 5 nitrogen and oxygen atoms in total. The number of rotatable bonds is 4. The molecule has 1 atom stereocenters. The van der Waals surface area contributed by atoms with E-state index in [9.17, 15) is 9.18 Å². The van der Waals surface area contributed by atoms with Gasteiger partial charge in [0.2, 0.25) is 0 Å². The van der Waals surface area contributed by atoms with E-state index in [1.54, 1.807) is 6.07 Å². The van der Waals surface area contributed by atoms with E-state index in [1.165, 1.54) is 18.2 Å². The molecule has 1 amide bonds. The van der Waals surface area contributed by atoms with E-state index >= 15 is 0 Å². The number of carbonyl (C=O) groups is 1. The molecule has 0 aromatic heterocycles. The summed E-state index contributed by atoms with van der Waals surface area (Å²) in [5, 5.41) is 2.52. The Labute approximate surface area is 129 Å². The average molecular weight is 308 g/mol. The number of ether oxygens (including phenoxy) is 2. The molecule has 1 aliphatic heterocycles. The van der Waals surface area contributed by atoms with Crippen molar-refractivity contribution in [2.24, 2.45) is 4.99 Å². The van der Waals surface area contributed by atoms with E-state index in [4.69, 9.17) is 9.47 Å². The van der Waals surface area contributed by atoms with E-state index in [0.717, 1.165) is 19.4 Å². The molecule has 0 saturated carbocycles. The molecule has 6 heteroatoms. The van der Waals surface area contributed by atoms with Crippen LogP contribution in [0.2, 0.25) is 0 Å². The lowest BCUT2D eigenvalue weighted by Gasteiger charge is -2.14. The fraction of sp³-hybridized carbons (Fsp3) is 0.500. The Morgan fingerprint density at radius 2 is 2.27 bits per heavy atom. The highest BCUT2D eigenvalue weighted by atomic mass is 19.1. The summed E-state index contributed by atoms with van der Waals surface area (Å²) in [7, 11) is 0. The molecule has 0 radical (unpaired) electrons. The summed E-state index contributed by atoms with van der Waals surface area (Å²) >= 11 is 0. The normalized spacial score (nSPS) is 18.5. The fourth-order valence-corrected chi connectivity index (χ4v) is 2.11. The molecular formula is C16H21FN2O3. The Bertz CT molecular complexity index is 540. The van der Waals surface area contributed by atoms with Gasteiger partial charge < -0.3 is 9.47 Å². The largest absolute Gasteiger partial charge is 0.462 e. The van der Waals surface area contributed by atoms with Gasteiger partial charge in [-0.25, -0.2) is 9.38 Å². The van der Waals surface area contributed by atoms with Crippen molar-refractivity contribution in [2.45, 2.75) is 38.9 Å². The number of aliphatic imine (C=N–C) groups is 1. The fourth-order valence-electron chi connectivity index (χ4n) is 2.11. The summed E-state index contributed by atoms with van der Waals surface area (Å²) in [6.45, 7) is 4.81. The Morgan fingerprint density at radius 1 is 1.50 bits per heavy atom. The number of halogens is 1. The molecule has 0 bridgehead atoms. The van der Waals surface area contributed by atoms with Crippen molar-refractivity contribution in [3.63, 3.8) is 0 Å². The van der Waals surface area contributed by atoms with Crippen molar-refractivity contribution in [2.75, 3.05) is 13.2 Å². The second-order valence-corrected chi connectivity index (χ2v) is 5.38. The van der Waals surface area contributed by atoms with E-state index in [-0.39, 0.29) is 23.8 Å². The first-order valence-electron chi connectivity index (χ1n) is 7.45. The van der Waals surface area contributed by atoms with Crippen LogP contribution in [-0.4, -0.2) is 37.3 Å². The standard InChI is InChI=1S/C16H21FN2O3/c1-11(2)22-16(18-10-12-6-5-9-21-12)19-15(20)13-7-3-4-8-14(13)17/h3-4,7-8,11-12H,5-6,9-10H2,1-2H3,(H,18,19,20)/t12-/m0/s1. The Hall–Kier alpha value is -1.95. The summed E-state index contributed by atoms with van der Waals surface area (Å²) < 4.78 is 24.6. The van der Waals surface area contributed by atoms with Crippen LogP contribution in [0.5, 0.6) is 0 Å². The number of hydrogen-bond donors (Lipinski definition) is 1. The van der Waals surface area contributed by atoms with Crippen molar-refractivity contribution >= 4 is 11.9 Å². The smallest absolute Gasteiger partial charge is 0.292 e. The molecule has 0 aliphatic carbocycles. The number of amidine groups is 1. The quantitative estimate of drug-likeness (QED) is 0.687. The molecule has 1 saturated heterocycles. The predicted molar refractivity (Wildman–Crippen MR) is 81.4 cm³/mol. The van der Waals surface area contributed by atoms with Gasteiger partial charge in [0.1, 0.15) is 5.82 Å². The number of benzene rings is 1. The third kappa shape index (κ3) is 4.80. The predicted octanol–water partition coefficient (Wildman–Crippen LogP) is 2.52. The molecule has 1 aromatic carbocycles. The summed E-state index contributed by atoms with van der Waals surface area (Å²) in [4.78, 5) is 16.4. The first-order chi connectivity index (χ1) is 10.6. The maximum absolute atomic E-state index is 13.6. The highest BCUT2D eigenvalue weighted by molar-refractivity contribution is 6.04. The van der Waals surface area contributed by atoms with Gasteiger partial charge in [-0.1, -0.05) is 12.1 Å². The second-order valence-electron chi connectivity index (χ2n) is 5.38. The van der Waals surface area contributed by atoms with Gasteiger partial charge in [0.05, 0.1) is 24.3 Å². The second kappa shape index (κ2) is 7.89. The molecule has 1 aromatic rings. The van der Waals surface area contributed by atoms with Crippen LogP contribution >= 0.6 is 0 Å². The van der Waals surface area contributed by atoms with Gasteiger partial charge in [-0.05, 0) is 38.8 Å². The van der Waals surface area contributed by atoms with Gasteiger partial charge in [-0.15, -0.1) is 0 Å². The molecule has 1 fully saturated rings. The van der Waals surface area contributed by atoms with Gasteiger partial charge in [0.15, 0.2) is 0 Å². The maximum atomic E-state index is 13.6. The van der Waals surface area contributed by atoms with Gasteiger partial charge in [-0.2, -0.15) is 0 Å². The number of hydrogen-bond acceptors (Lipinski definition) is 4. The summed E-state index contributed by atoms with van der Waals surface area (Å²) in [6.07, 6.45) is 1.86. The van der Waals surface area contributed by atoms with Crippen LogP contribution < -0.4 is 5.32 Å². The van der Waals surface area contributed by atoms with Crippen molar-refractivity contribution in [1.82, 2.24) is 5.32 Å². The lowest BCUT2D eigenvalue weighted by atomic mass is 10.2. The molecule has 120 valence electrons. The monoisotopic (exact) mass is 308 g/mol. The third-order valence-electron chi connectivity index (χ3n) is 3.15. The molecule has 1 heterocycles. The molecule has 0 unspecified atom stereocenters. The van der Waals surface area contributed by atoms with Crippen molar-refractivity contribution in [3.05, 3.63) is 35.6 Å². The SMILES string of the molecule is CC(C)OC(=NC[C@@H]1CCCO1)NC(=O)c1ccccc1F. The van der Waals surface area contributed by atoms with Crippen molar-refractivity contribution in [1.29, 1.82) is 0 Å². The number of nitrogens with zero attached hydrogens (tertiary/aromatic N) is 1. The summed E-state index contributed by atoms with van der Waals surface area (Å²) in [5.74, 6) is -1.16. The lowest BCUT2D eigenvalue weighted by molar-refractivity contribution is 0.0952. The van der Waals surface area contributed by atoms with Crippen LogP contribution in [0.3, 0.4) is 0 Å². The molecule has 1 N–H and O–H groups in total. The number of carbonyl (C=O) groups excluding carboxylic acids is 1. The zero-order valence-electron chi connectivity index (χ0n) is 12.8. The van der Waals surface area contributed by atoms with Gasteiger partial charge in [0.25, 0.3) is 11.9 Å². The third-order valence-corrected chi connectivity index (χ3v) is 3.15. The van der Waals surface area contributed by atoms with Crippen LogP contribution in [0.15, 0.2) is 29.3 Å². The zero-order chi connectivity index (χ0) is 15.9. The van der Waals surface area contributed by atoms with Crippen LogP contribution in [-0.2, 0) is 9.47 Å². The molecular weight excluding hydrogens is 287 g/mol. The van der Waals surface area contributed by atoms with E-state index < -0.39 is 11.7 Å². The zero-order valence-corrected chi connectivity index (χ0v) is 12.8. The van der Waals surface area contributed by atoms with E-state index in [2.05, 4.69) is 10.3 Å². The average Bonchev–Trinajstić information content (AvgIpc) is 2.98. The maximum Gasteiger partial charge on any atom is 0.292 e. The lowest BCUT2D eigenvalue weighted by Crippen LogP contribution is -2.35. The topological polar surface area (TPSA) is 59.9 Å². The first kappa shape index (κ1) is 16.4. The molecule has 0 spiro atoms. The Balaban J connectivity index is 2.03.